The Labute approximate surface area is 92.6 Å². The van der Waals surface area contributed by atoms with Crippen molar-refractivity contribution in [3.05, 3.63) is 11.9 Å². The predicted octanol–water partition coefficient (Wildman–Crippen LogP) is -0.365. The Morgan fingerprint density at radius 2 is 2.25 bits per heavy atom. The number of aryl methyl sites for hydroxylation is 1. The SMILES string of the molecule is COc1cn(CCS(C)(=O)=O)nc1C(=O)O. The Morgan fingerprint density at radius 3 is 2.62 bits per heavy atom. The van der Waals surface area contributed by atoms with Crippen molar-refractivity contribution in [2.24, 2.45) is 0 Å². The molecule has 0 aromatic carbocycles. The third-order valence-electron chi connectivity index (χ3n) is 1.84. The molecule has 0 aliphatic rings. The number of nitrogens with zero attached hydrogens (tertiary/aromatic N) is 2. The van der Waals surface area contributed by atoms with Crippen molar-refractivity contribution in [3.8, 4) is 5.75 Å². The summed E-state index contributed by atoms with van der Waals surface area (Å²) in [4.78, 5) is 10.7. The van der Waals surface area contributed by atoms with E-state index in [1.807, 2.05) is 0 Å². The number of aromatic nitrogens is 2. The lowest BCUT2D eigenvalue weighted by Gasteiger charge is -1.98. The number of ether oxygens (including phenoxy) is 1. The second kappa shape index (κ2) is 4.52. The average Bonchev–Trinajstić information content (AvgIpc) is 2.56. The van der Waals surface area contributed by atoms with Crippen LogP contribution in [0.15, 0.2) is 6.20 Å². The van der Waals surface area contributed by atoms with Crippen LogP contribution in [0.4, 0.5) is 0 Å². The van der Waals surface area contributed by atoms with E-state index in [0.717, 1.165) is 6.26 Å². The first kappa shape index (κ1) is 12.5. The van der Waals surface area contributed by atoms with Crippen LogP contribution in [0.5, 0.6) is 5.75 Å². The largest absolute Gasteiger partial charge is 0.493 e. The van der Waals surface area contributed by atoms with E-state index in [-0.39, 0.29) is 23.7 Å². The summed E-state index contributed by atoms with van der Waals surface area (Å²) < 4.78 is 27.9. The molecule has 1 aromatic heterocycles. The van der Waals surface area contributed by atoms with Gasteiger partial charge in [0, 0.05) is 6.26 Å². The normalized spacial score (nSPS) is 11.4. The van der Waals surface area contributed by atoms with Gasteiger partial charge in [0.1, 0.15) is 9.84 Å². The maximum Gasteiger partial charge on any atom is 0.360 e. The molecule has 16 heavy (non-hydrogen) atoms. The maximum absolute atomic E-state index is 10.9. The zero-order chi connectivity index (χ0) is 12.3. The van der Waals surface area contributed by atoms with Crippen molar-refractivity contribution in [1.29, 1.82) is 0 Å². The highest BCUT2D eigenvalue weighted by molar-refractivity contribution is 7.90. The van der Waals surface area contributed by atoms with E-state index >= 15 is 0 Å². The Bertz CT molecular complexity index is 491. The van der Waals surface area contributed by atoms with Gasteiger partial charge in [0.2, 0.25) is 5.69 Å². The molecule has 0 saturated carbocycles. The highest BCUT2D eigenvalue weighted by Crippen LogP contribution is 2.15. The highest BCUT2D eigenvalue weighted by Gasteiger charge is 2.16. The number of carboxylic acids is 1. The van der Waals surface area contributed by atoms with Crippen molar-refractivity contribution in [1.82, 2.24) is 9.78 Å². The van der Waals surface area contributed by atoms with Gasteiger partial charge in [-0.25, -0.2) is 13.2 Å². The molecule has 0 bridgehead atoms. The molecule has 1 aromatic rings. The van der Waals surface area contributed by atoms with Gasteiger partial charge in [-0.3, -0.25) is 4.68 Å². The number of carboxylic acid groups (broad SMARTS) is 1. The van der Waals surface area contributed by atoms with Gasteiger partial charge < -0.3 is 9.84 Å². The van der Waals surface area contributed by atoms with Crippen molar-refractivity contribution in [2.75, 3.05) is 19.1 Å². The van der Waals surface area contributed by atoms with Crippen LogP contribution in [0, 0.1) is 0 Å². The minimum absolute atomic E-state index is 0.0997. The van der Waals surface area contributed by atoms with Crippen LogP contribution in [-0.4, -0.2) is 48.4 Å². The first-order chi connectivity index (χ1) is 7.33. The molecule has 8 heteroatoms. The zero-order valence-corrected chi connectivity index (χ0v) is 9.69. The number of hydrogen-bond acceptors (Lipinski definition) is 5. The van der Waals surface area contributed by atoms with E-state index in [2.05, 4.69) is 5.10 Å². The molecule has 0 saturated heterocycles. The van der Waals surface area contributed by atoms with Crippen molar-refractivity contribution < 1.29 is 23.1 Å². The number of methoxy groups -OCH3 is 1. The molecule has 0 unspecified atom stereocenters. The van der Waals surface area contributed by atoms with Crippen LogP contribution >= 0.6 is 0 Å². The molecule has 1 N–H and O–H groups in total. The van der Waals surface area contributed by atoms with Gasteiger partial charge >= 0.3 is 5.97 Å². The molecule has 0 atom stereocenters. The maximum atomic E-state index is 10.9. The molecule has 0 aliphatic carbocycles. The van der Waals surface area contributed by atoms with Crippen LogP contribution in [0.25, 0.3) is 0 Å². The molecule has 0 spiro atoms. The van der Waals surface area contributed by atoms with E-state index < -0.39 is 15.8 Å². The predicted molar refractivity (Wildman–Crippen MR) is 55.4 cm³/mol. The Balaban J connectivity index is 2.87. The van der Waals surface area contributed by atoms with Crippen molar-refractivity contribution in [2.45, 2.75) is 6.54 Å². The van der Waals surface area contributed by atoms with E-state index in [0.29, 0.717) is 0 Å². The van der Waals surface area contributed by atoms with E-state index in [9.17, 15) is 13.2 Å². The monoisotopic (exact) mass is 248 g/mol. The quantitative estimate of drug-likeness (QED) is 0.763. The summed E-state index contributed by atoms with van der Waals surface area (Å²) >= 11 is 0. The summed E-state index contributed by atoms with van der Waals surface area (Å²) in [6.45, 7) is 0.0997. The summed E-state index contributed by atoms with van der Waals surface area (Å²) in [5, 5.41) is 12.5. The number of rotatable bonds is 5. The Kier molecular flexibility index (Phi) is 3.53. The van der Waals surface area contributed by atoms with Crippen LogP contribution in [0.1, 0.15) is 10.5 Å². The first-order valence-corrected chi connectivity index (χ1v) is 6.42. The average molecular weight is 248 g/mol. The summed E-state index contributed by atoms with van der Waals surface area (Å²) in [5.41, 5.74) is -0.226. The fourth-order valence-electron chi connectivity index (χ4n) is 1.07. The van der Waals surface area contributed by atoms with Crippen molar-refractivity contribution in [3.63, 3.8) is 0 Å². The van der Waals surface area contributed by atoms with Gasteiger partial charge in [0.25, 0.3) is 0 Å². The lowest BCUT2D eigenvalue weighted by atomic mass is 10.4. The summed E-state index contributed by atoms with van der Waals surface area (Å²) in [6, 6.07) is 0. The Morgan fingerprint density at radius 1 is 1.62 bits per heavy atom. The highest BCUT2D eigenvalue weighted by atomic mass is 32.2. The fourth-order valence-corrected chi connectivity index (χ4v) is 1.59. The second-order valence-corrected chi connectivity index (χ2v) is 5.50. The van der Waals surface area contributed by atoms with E-state index in [1.165, 1.54) is 18.0 Å². The fraction of sp³-hybridized carbons (Fsp3) is 0.500. The number of carbonyl (C=O) groups is 1. The smallest absolute Gasteiger partial charge is 0.360 e. The van der Waals surface area contributed by atoms with Crippen LogP contribution in [-0.2, 0) is 16.4 Å². The molecule has 1 rings (SSSR count). The minimum Gasteiger partial charge on any atom is -0.493 e. The molecule has 0 aliphatic heterocycles. The minimum atomic E-state index is -3.10. The van der Waals surface area contributed by atoms with E-state index in [4.69, 9.17) is 9.84 Å². The molecule has 0 fully saturated rings. The van der Waals surface area contributed by atoms with Gasteiger partial charge in [0.15, 0.2) is 5.75 Å². The van der Waals surface area contributed by atoms with Crippen LogP contribution < -0.4 is 4.74 Å². The van der Waals surface area contributed by atoms with Gasteiger partial charge in [-0.05, 0) is 0 Å². The van der Waals surface area contributed by atoms with Crippen LogP contribution in [0.2, 0.25) is 0 Å². The summed E-state index contributed by atoms with van der Waals surface area (Å²) in [5.74, 6) is -1.20. The third kappa shape index (κ3) is 3.23. The Hall–Kier alpha value is -1.57. The standard InChI is InChI=1S/C8H12N2O5S/c1-15-6-5-10(3-4-16(2,13)14)9-7(6)8(11)12/h5H,3-4H2,1-2H3,(H,11,12). The molecule has 7 nitrogen and oxygen atoms in total. The number of sulfone groups is 1. The van der Waals surface area contributed by atoms with Gasteiger partial charge in [0.05, 0.1) is 25.6 Å². The first-order valence-electron chi connectivity index (χ1n) is 4.36. The summed E-state index contributed by atoms with van der Waals surface area (Å²) in [7, 11) is -1.78. The van der Waals surface area contributed by atoms with E-state index in [1.54, 1.807) is 0 Å². The van der Waals surface area contributed by atoms with Gasteiger partial charge in [-0.15, -0.1) is 0 Å². The zero-order valence-electron chi connectivity index (χ0n) is 8.87. The van der Waals surface area contributed by atoms with Crippen LogP contribution in [0.3, 0.4) is 0 Å². The molecular weight excluding hydrogens is 236 g/mol. The van der Waals surface area contributed by atoms with Gasteiger partial charge in [-0.1, -0.05) is 0 Å². The molecule has 1 heterocycles. The number of hydrogen-bond donors (Lipinski definition) is 1. The molecular formula is C8H12N2O5S. The lowest BCUT2D eigenvalue weighted by molar-refractivity contribution is 0.0686. The summed E-state index contributed by atoms with van der Waals surface area (Å²) in [6.07, 6.45) is 2.46. The lowest BCUT2D eigenvalue weighted by Crippen LogP contribution is -2.12. The number of aromatic carboxylic acids is 1. The molecule has 0 amide bonds. The topological polar surface area (TPSA) is 98.5 Å². The second-order valence-electron chi connectivity index (χ2n) is 3.24. The molecule has 0 radical (unpaired) electrons. The van der Waals surface area contributed by atoms with Gasteiger partial charge in [-0.2, -0.15) is 5.10 Å². The molecule has 90 valence electrons. The van der Waals surface area contributed by atoms with Crippen molar-refractivity contribution >= 4 is 15.8 Å². The third-order valence-corrected chi connectivity index (χ3v) is 2.77.